The third kappa shape index (κ3) is 5.65. The lowest BCUT2D eigenvalue weighted by molar-refractivity contribution is 0.195. The fourth-order valence-electron chi connectivity index (χ4n) is 12.0. The highest BCUT2D eigenvalue weighted by Crippen LogP contribution is 2.62. The van der Waals surface area contributed by atoms with Gasteiger partial charge in [0.1, 0.15) is 0 Å². The summed E-state index contributed by atoms with van der Waals surface area (Å²) in [7, 11) is 0. The molecule has 0 amide bonds. The average Bonchev–Trinajstić information content (AvgIpc) is 3.54. The van der Waals surface area contributed by atoms with Gasteiger partial charge in [0.05, 0.1) is 11.2 Å². The lowest BCUT2D eigenvalue weighted by Crippen LogP contribution is -2.61. The Balaban J connectivity index is 1.18. The Labute approximate surface area is 379 Å². The van der Waals surface area contributed by atoms with Gasteiger partial charge < -0.3 is 14.7 Å². The minimum atomic E-state index is -0.157. The van der Waals surface area contributed by atoms with E-state index >= 15 is 0 Å². The first-order valence-corrected chi connectivity index (χ1v) is 23.2. The highest BCUT2D eigenvalue weighted by molar-refractivity contribution is 7.00. The van der Waals surface area contributed by atoms with Gasteiger partial charge in [0.15, 0.2) is 0 Å². The third-order valence-electron chi connectivity index (χ3n) is 15.4. The molecule has 64 heavy (non-hydrogen) atoms. The standard InChI is InChI=1S/C59H53BN4/c1-57(2,3)43-27-29-50(46(37-43)41-18-8-6-9-19-41)63-53-25-15-13-23-49(53)60-48-22-12-14-24-52(48)62(44-20-10-7-11-21-44)54-38-45(39-55(63)56(54)60)64-51-28-26-42(40-30-34-61-35-31-40)36-47(51)58(4)32-16-17-33-59(58,64)5/h6-15,18-31,34-39H,16-17,32-33H2,1-5H3. The molecule has 0 spiro atoms. The molecule has 5 heteroatoms. The molecule has 0 saturated heterocycles. The molecule has 1 fully saturated rings. The molecule has 4 heterocycles. The third-order valence-corrected chi connectivity index (χ3v) is 15.4. The second kappa shape index (κ2) is 14.3. The van der Waals surface area contributed by atoms with Crippen molar-refractivity contribution >= 4 is 68.6 Å². The molecule has 1 aromatic heterocycles. The molecule has 4 nitrogen and oxygen atoms in total. The fourth-order valence-corrected chi connectivity index (χ4v) is 12.0. The minimum Gasteiger partial charge on any atom is -0.334 e. The number of benzene rings is 7. The molecule has 7 aromatic carbocycles. The van der Waals surface area contributed by atoms with Crippen LogP contribution in [0.1, 0.15) is 71.4 Å². The van der Waals surface area contributed by atoms with E-state index in [1.807, 2.05) is 12.4 Å². The lowest BCUT2D eigenvalue weighted by atomic mass is 9.33. The number of hydrogen-bond donors (Lipinski definition) is 0. The first kappa shape index (κ1) is 38.8. The Morgan fingerprint density at radius 1 is 0.500 bits per heavy atom. The van der Waals surface area contributed by atoms with Gasteiger partial charge in [-0.2, -0.15) is 0 Å². The van der Waals surface area contributed by atoms with Gasteiger partial charge in [0, 0.05) is 63.2 Å². The molecule has 0 N–H and O–H groups in total. The molecule has 4 aliphatic rings. The average molecular weight is 829 g/mol. The molecule has 0 bridgehead atoms. The van der Waals surface area contributed by atoms with E-state index < -0.39 is 0 Å². The molecule has 8 aromatic rings. The van der Waals surface area contributed by atoms with Gasteiger partial charge in [-0.25, -0.2) is 0 Å². The number of hydrogen-bond acceptors (Lipinski definition) is 4. The molecule has 2 atom stereocenters. The van der Waals surface area contributed by atoms with Crippen molar-refractivity contribution in [3.8, 4) is 22.3 Å². The van der Waals surface area contributed by atoms with E-state index in [4.69, 9.17) is 0 Å². The first-order valence-electron chi connectivity index (χ1n) is 23.2. The maximum Gasteiger partial charge on any atom is 0.252 e. The lowest BCUT2D eigenvalue weighted by Gasteiger charge is -2.51. The molecule has 1 saturated carbocycles. The van der Waals surface area contributed by atoms with Gasteiger partial charge in [0.25, 0.3) is 6.71 Å². The van der Waals surface area contributed by atoms with Crippen molar-refractivity contribution < 1.29 is 0 Å². The van der Waals surface area contributed by atoms with E-state index in [0.29, 0.717) is 0 Å². The zero-order chi connectivity index (χ0) is 43.4. The number of fused-ring (bicyclic) bond motifs is 7. The van der Waals surface area contributed by atoms with E-state index in [2.05, 4.69) is 224 Å². The quantitative estimate of drug-likeness (QED) is 0.161. The maximum atomic E-state index is 4.35. The normalized spacial score (nSPS) is 19.4. The molecular formula is C59H53BN4. The van der Waals surface area contributed by atoms with Crippen LogP contribution in [-0.4, -0.2) is 17.2 Å². The number of aromatic nitrogens is 1. The minimum absolute atomic E-state index is 0.0194. The predicted molar refractivity (Wildman–Crippen MR) is 271 cm³/mol. The summed E-state index contributed by atoms with van der Waals surface area (Å²) in [6.45, 7) is 12.1. The van der Waals surface area contributed by atoms with Crippen LogP contribution in [-0.2, 0) is 10.8 Å². The predicted octanol–water partition coefficient (Wildman–Crippen LogP) is 13.5. The van der Waals surface area contributed by atoms with Gasteiger partial charge in [-0.15, -0.1) is 0 Å². The topological polar surface area (TPSA) is 22.6 Å². The van der Waals surface area contributed by atoms with Crippen LogP contribution in [0.25, 0.3) is 22.3 Å². The van der Waals surface area contributed by atoms with Gasteiger partial charge in [-0.05, 0) is 142 Å². The summed E-state index contributed by atoms with van der Waals surface area (Å²) in [5, 5.41) is 0. The Morgan fingerprint density at radius 3 is 1.81 bits per heavy atom. The number of anilines is 8. The van der Waals surface area contributed by atoms with Crippen molar-refractivity contribution in [1.82, 2.24) is 4.98 Å². The van der Waals surface area contributed by atoms with Crippen LogP contribution in [0.4, 0.5) is 45.5 Å². The van der Waals surface area contributed by atoms with Crippen molar-refractivity contribution in [2.24, 2.45) is 0 Å². The van der Waals surface area contributed by atoms with E-state index in [0.717, 1.165) is 18.5 Å². The van der Waals surface area contributed by atoms with E-state index in [-0.39, 0.29) is 23.1 Å². The van der Waals surface area contributed by atoms with Crippen LogP contribution in [0, 0.1) is 0 Å². The second-order valence-electron chi connectivity index (χ2n) is 19.9. The summed E-state index contributed by atoms with van der Waals surface area (Å²) >= 11 is 0. The van der Waals surface area contributed by atoms with Gasteiger partial charge in [-0.3, -0.25) is 4.98 Å². The molecular weight excluding hydrogens is 775 g/mol. The van der Waals surface area contributed by atoms with Crippen LogP contribution in [0.2, 0.25) is 0 Å². The van der Waals surface area contributed by atoms with Crippen LogP contribution in [0.5, 0.6) is 0 Å². The van der Waals surface area contributed by atoms with Crippen LogP contribution in [0.3, 0.4) is 0 Å². The summed E-state index contributed by atoms with van der Waals surface area (Å²) in [5.41, 5.74) is 21.3. The van der Waals surface area contributed by atoms with Gasteiger partial charge in [-0.1, -0.05) is 138 Å². The number of rotatable bonds is 5. The molecule has 312 valence electrons. The Kier molecular flexibility index (Phi) is 8.69. The number of pyridine rings is 1. The Bertz CT molecular complexity index is 3100. The highest BCUT2D eigenvalue weighted by atomic mass is 15.3. The van der Waals surface area contributed by atoms with Crippen molar-refractivity contribution in [2.45, 2.75) is 76.7 Å². The van der Waals surface area contributed by atoms with Crippen LogP contribution in [0.15, 0.2) is 182 Å². The van der Waals surface area contributed by atoms with Crippen LogP contribution >= 0.6 is 0 Å². The summed E-state index contributed by atoms with van der Waals surface area (Å²) in [5.74, 6) is 0. The van der Waals surface area contributed by atoms with Gasteiger partial charge >= 0.3 is 0 Å². The fraction of sp³-hybridized carbons (Fsp3) is 0.203. The van der Waals surface area contributed by atoms with Crippen molar-refractivity contribution in [3.05, 3.63) is 193 Å². The second-order valence-corrected chi connectivity index (χ2v) is 19.9. The maximum absolute atomic E-state index is 4.35. The van der Waals surface area contributed by atoms with Crippen LogP contribution < -0.4 is 31.1 Å². The SMILES string of the molecule is CC(C)(C)c1ccc(N2c3ccccc3B3c4ccccc4N(c4ccccc4)c4cc(N5c6ccc(-c7ccncc7)cc6C6(C)CCCCC56C)cc2c43)c(-c2ccccc2)c1. The zero-order valence-electron chi connectivity index (χ0n) is 37.5. The largest absolute Gasteiger partial charge is 0.334 e. The van der Waals surface area contributed by atoms with Crippen molar-refractivity contribution in [1.29, 1.82) is 0 Å². The Morgan fingerprint density at radius 2 is 1.11 bits per heavy atom. The monoisotopic (exact) mass is 828 g/mol. The summed E-state index contributed by atoms with van der Waals surface area (Å²) < 4.78 is 0. The zero-order valence-corrected chi connectivity index (χ0v) is 37.5. The Hall–Kier alpha value is -6.85. The van der Waals surface area contributed by atoms with Crippen molar-refractivity contribution in [3.63, 3.8) is 0 Å². The molecule has 2 unspecified atom stereocenters. The highest BCUT2D eigenvalue weighted by Gasteiger charge is 2.58. The molecule has 12 rings (SSSR count). The van der Waals surface area contributed by atoms with E-state index in [1.54, 1.807) is 0 Å². The number of para-hydroxylation sites is 3. The molecule has 1 aliphatic carbocycles. The van der Waals surface area contributed by atoms with E-state index in [1.165, 1.54) is 102 Å². The summed E-state index contributed by atoms with van der Waals surface area (Å²) in [6.07, 6.45) is 8.52. The number of nitrogens with zero attached hydrogens (tertiary/aromatic N) is 4. The van der Waals surface area contributed by atoms with E-state index in [9.17, 15) is 0 Å². The summed E-state index contributed by atoms with van der Waals surface area (Å²) in [6, 6.07) is 64.2. The summed E-state index contributed by atoms with van der Waals surface area (Å²) in [4.78, 5) is 12.3. The molecule has 3 aliphatic heterocycles. The first-order chi connectivity index (χ1) is 31.1. The van der Waals surface area contributed by atoms with Gasteiger partial charge in [0.2, 0.25) is 0 Å². The smallest absolute Gasteiger partial charge is 0.252 e. The van der Waals surface area contributed by atoms with Crippen molar-refractivity contribution in [2.75, 3.05) is 14.7 Å². The molecule has 0 radical (unpaired) electrons.